The van der Waals surface area contributed by atoms with E-state index in [1.165, 1.54) is 19.2 Å². The molecule has 166 valence electrons. The van der Waals surface area contributed by atoms with Crippen molar-refractivity contribution in [3.63, 3.8) is 0 Å². The highest BCUT2D eigenvalue weighted by Crippen LogP contribution is 2.25. The van der Waals surface area contributed by atoms with E-state index in [1.807, 2.05) is 26.0 Å². The Morgan fingerprint density at radius 3 is 2.58 bits per heavy atom. The van der Waals surface area contributed by atoms with Crippen molar-refractivity contribution in [2.75, 3.05) is 25.6 Å². The van der Waals surface area contributed by atoms with Gasteiger partial charge in [0.15, 0.2) is 6.10 Å². The molecule has 0 bridgehead atoms. The summed E-state index contributed by atoms with van der Waals surface area (Å²) in [6, 6.07) is 9.49. The first-order valence-corrected chi connectivity index (χ1v) is 9.59. The van der Waals surface area contributed by atoms with Crippen LogP contribution in [0.15, 0.2) is 36.4 Å². The summed E-state index contributed by atoms with van der Waals surface area (Å²) in [5.74, 6) is -0.693. The highest BCUT2D eigenvalue weighted by molar-refractivity contribution is 5.97. The molecule has 0 unspecified atom stereocenters. The Balaban J connectivity index is 1.99. The minimum Gasteiger partial charge on any atom is -0.481 e. The summed E-state index contributed by atoms with van der Waals surface area (Å²) in [6.45, 7) is 6.11. The summed E-state index contributed by atoms with van der Waals surface area (Å²) in [6.07, 6.45) is -0.873. The first kappa shape index (κ1) is 23.6. The largest absolute Gasteiger partial charge is 0.481 e. The average molecular weight is 430 g/mol. The zero-order chi connectivity index (χ0) is 23.0. The molecule has 0 saturated heterocycles. The second-order valence-corrected chi connectivity index (χ2v) is 6.81. The summed E-state index contributed by atoms with van der Waals surface area (Å²) in [5, 5.41) is 14.2. The van der Waals surface area contributed by atoms with Crippen LogP contribution >= 0.6 is 0 Å². The molecule has 0 aliphatic carbocycles. The average Bonchev–Trinajstić information content (AvgIpc) is 2.75. The molecular weight excluding hydrogens is 404 g/mol. The Morgan fingerprint density at radius 1 is 1.16 bits per heavy atom. The predicted molar refractivity (Wildman–Crippen MR) is 115 cm³/mol. The van der Waals surface area contributed by atoms with Crippen molar-refractivity contribution in [2.45, 2.75) is 26.9 Å². The first-order chi connectivity index (χ1) is 14.7. The first-order valence-electron chi connectivity index (χ1n) is 9.59. The number of aryl methyl sites for hydroxylation is 1. The molecule has 0 aromatic heterocycles. The Hall–Kier alpha value is -3.66. The fraction of sp³-hybridized carbons (Fsp3) is 0.333. The third-order valence-corrected chi connectivity index (χ3v) is 4.61. The number of carbonyl (C=O) groups is 2. The van der Waals surface area contributed by atoms with Gasteiger partial charge in [0.05, 0.1) is 11.5 Å². The van der Waals surface area contributed by atoms with Gasteiger partial charge in [-0.1, -0.05) is 12.1 Å². The Morgan fingerprint density at radius 2 is 1.90 bits per heavy atom. The van der Waals surface area contributed by atoms with Crippen LogP contribution in [0, 0.1) is 24.0 Å². The number of nitro groups is 1. The smallest absolute Gasteiger partial charge is 0.293 e. The molecule has 2 aromatic rings. The molecule has 1 atom stereocenters. The van der Waals surface area contributed by atoms with Crippen molar-refractivity contribution in [3.8, 4) is 5.75 Å². The number of hydrazine groups is 1. The van der Waals surface area contributed by atoms with Crippen molar-refractivity contribution in [3.05, 3.63) is 63.2 Å². The molecule has 10 nitrogen and oxygen atoms in total. The Bertz CT molecular complexity index is 963. The minimum atomic E-state index is -0.873. The van der Waals surface area contributed by atoms with Gasteiger partial charge >= 0.3 is 0 Å². The SMILES string of the molecule is COCCNc1ccc(C(=O)NNC(=O)[C@H](C)Oc2cccc(C)c2C)cc1[N+](=O)[O-]. The molecule has 31 heavy (non-hydrogen) atoms. The van der Waals surface area contributed by atoms with Crippen molar-refractivity contribution in [1.29, 1.82) is 0 Å². The number of amides is 2. The monoisotopic (exact) mass is 430 g/mol. The van der Waals surface area contributed by atoms with Gasteiger partial charge in [-0.05, 0) is 50.1 Å². The fourth-order valence-electron chi connectivity index (χ4n) is 2.65. The third-order valence-electron chi connectivity index (χ3n) is 4.61. The van der Waals surface area contributed by atoms with Crippen LogP contribution in [0.4, 0.5) is 11.4 Å². The maximum atomic E-state index is 12.3. The lowest BCUT2D eigenvalue weighted by atomic mass is 10.1. The van der Waals surface area contributed by atoms with Gasteiger partial charge in [0.1, 0.15) is 11.4 Å². The summed E-state index contributed by atoms with van der Waals surface area (Å²) in [5.41, 5.74) is 6.49. The summed E-state index contributed by atoms with van der Waals surface area (Å²) < 4.78 is 10.6. The van der Waals surface area contributed by atoms with E-state index in [-0.39, 0.29) is 16.9 Å². The van der Waals surface area contributed by atoms with E-state index < -0.39 is 22.8 Å². The molecule has 2 amide bonds. The topological polar surface area (TPSA) is 132 Å². The van der Waals surface area contributed by atoms with Gasteiger partial charge in [0.2, 0.25) is 0 Å². The Kier molecular flexibility index (Phi) is 8.33. The molecule has 0 radical (unpaired) electrons. The van der Waals surface area contributed by atoms with Crippen molar-refractivity contribution in [1.82, 2.24) is 10.9 Å². The zero-order valence-corrected chi connectivity index (χ0v) is 17.9. The highest BCUT2D eigenvalue weighted by Gasteiger charge is 2.20. The van der Waals surface area contributed by atoms with Gasteiger partial charge in [-0.3, -0.25) is 30.6 Å². The van der Waals surface area contributed by atoms with Gasteiger partial charge in [0.25, 0.3) is 17.5 Å². The lowest BCUT2D eigenvalue weighted by Crippen LogP contribution is -2.47. The summed E-state index contributed by atoms with van der Waals surface area (Å²) in [4.78, 5) is 35.4. The number of ether oxygens (including phenoxy) is 2. The number of hydrogen-bond acceptors (Lipinski definition) is 7. The van der Waals surface area contributed by atoms with Crippen LogP contribution in [-0.2, 0) is 9.53 Å². The van der Waals surface area contributed by atoms with E-state index in [4.69, 9.17) is 9.47 Å². The van der Waals surface area contributed by atoms with Crippen molar-refractivity contribution < 1.29 is 24.0 Å². The number of carbonyl (C=O) groups excluding carboxylic acids is 2. The molecule has 0 aliphatic rings. The molecule has 2 aromatic carbocycles. The lowest BCUT2D eigenvalue weighted by Gasteiger charge is -2.17. The van der Waals surface area contributed by atoms with Crippen molar-refractivity contribution in [2.24, 2.45) is 0 Å². The van der Waals surface area contributed by atoms with Crippen LogP contribution in [0.1, 0.15) is 28.4 Å². The second kappa shape index (κ2) is 10.9. The normalized spacial score (nSPS) is 11.4. The van der Waals surface area contributed by atoms with E-state index in [9.17, 15) is 19.7 Å². The molecule has 0 heterocycles. The maximum Gasteiger partial charge on any atom is 0.293 e. The Labute approximate surface area is 180 Å². The van der Waals surface area contributed by atoms with Crippen LogP contribution in [0.2, 0.25) is 0 Å². The number of anilines is 1. The lowest BCUT2D eigenvalue weighted by molar-refractivity contribution is -0.384. The molecule has 3 N–H and O–H groups in total. The van der Waals surface area contributed by atoms with E-state index in [2.05, 4.69) is 16.2 Å². The van der Waals surface area contributed by atoms with Crippen LogP contribution < -0.4 is 20.9 Å². The van der Waals surface area contributed by atoms with Gasteiger partial charge in [-0.2, -0.15) is 0 Å². The molecule has 2 rings (SSSR count). The molecule has 0 aliphatic heterocycles. The standard InChI is InChI=1S/C21H26N4O6/c1-13-6-5-7-19(14(13)2)31-15(3)20(26)23-24-21(27)16-8-9-17(22-10-11-30-4)18(12-16)25(28)29/h5-9,12,15,22H,10-11H2,1-4H3,(H,23,26)(H,24,27)/t15-/m0/s1. The molecule has 0 spiro atoms. The van der Waals surface area contributed by atoms with E-state index in [1.54, 1.807) is 13.0 Å². The van der Waals surface area contributed by atoms with E-state index in [0.29, 0.717) is 18.9 Å². The number of rotatable bonds is 9. The molecule has 0 fully saturated rings. The zero-order valence-electron chi connectivity index (χ0n) is 17.9. The number of methoxy groups -OCH3 is 1. The third kappa shape index (κ3) is 6.41. The summed E-state index contributed by atoms with van der Waals surface area (Å²) in [7, 11) is 1.52. The van der Waals surface area contributed by atoms with E-state index in [0.717, 1.165) is 17.2 Å². The van der Waals surface area contributed by atoms with Crippen LogP contribution in [0.3, 0.4) is 0 Å². The van der Waals surface area contributed by atoms with Crippen LogP contribution in [0.5, 0.6) is 5.75 Å². The number of nitrogens with zero attached hydrogens (tertiary/aromatic N) is 1. The number of hydrogen-bond donors (Lipinski definition) is 3. The van der Waals surface area contributed by atoms with Crippen LogP contribution in [0.25, 0.3) is 0 Å². The quantitative estimate of drug-likeness (QED) is 0.316. The van der Waals surface area contributed by atoms with Crippen molar-refractivity contribution >= 4 is 23.2 Å². The highest BCUT2D eigenvalue weighted by atomic mass is 16.6. The number of benzene rings is 2. The fourth-order valence-corrected chi connectivity index (χ4v) is 2.65. The molecular formula is C21H26N4O6. The van der Waals surface area contributed by atoms with Gasteiger partial charge < -0.3 is 14.8 Å². The van der Waals surface area contributed by atoms with Crippen LogP contribution in [-0.4, -0.2) is 43.1 Å². The maximum absolute atomic E-state index is 12.3. The van der Waals surface area contributed by atoms with Gasteiger partial charge in [-0.15, -0.1) is 0 Å². The number of nitrogens with one attached hydrogen (secondary N) is 3. The van der Waals surface area contributed by atoms with E-state index >= 15 is 0 Å². The van der Waals surface area contributed by atoms with Gasteiger partial charge in [-0.25, -0.2) is 0 Å². The molecule has 10 heteroatoms. The van der Waals surface area contributed by atoms with Gasteiger partial charge in [0, 0.05) is 25.3 Å². The predicted octanol–water partition coefficient (Wildman–Crippen LogP) is 2.50. The second-order valence-electron chi connectivity index (χ2n) is 6.81. The molecule has 0 saturated carbocycles. The number of nitro benzene ring substituents is 1. The summed E-state index contributed by atoms with van der Waals surface area (Å²) >= 11 is 0. The minimum absolute atomic E-state index is 0.0207.